The van der Waals surface area contributed by atoms with Gasteiger partial charge in [0.1, 0.15) is 0 Å². The van der Waals surface area contributed by atoms with Crippen LogP contribution in [0.3, 0.4) is 0 Å². The van der Waals surface area contributed by atoms with Crippen molar-refractivity contribution in [3.8, 4) is 0 Å². The van der Waals surface area contributed by atoms with E-state index < -0.39 is 48.5 Å². The molecule has 38 heavy (non-hydrogen) atoms. The molecule has 192 valence electrons. The van der Waals surface area contributed by atoms with E-state index >= 15 is 0 Å². The summed E-state index contributed by atoms with van der Waals surface area (Å²) < 4.78 is 0. The Morgan fingerprint density at radius 1 is 0.263 bits per heavy atom. The fourth-order valence-corrected chi connectivity index (χ4v) is 0. The number of hydrogen-bond donors (Lipinski definition) is 0. The quantitative estimate of drug-likeness (QED) is 0.210. The van der Waals surface area contributed by atoms with Gasteiger partial charge < -0.3 is 99.6 Å². The van der Waals surface area contributed by atoms with E-state index in [0.717, 1.165) is 27.7 Å². The molecule has 26 heteroatoms. The molecule has 0 radical (unpaired) electrons. The molecule has 0 saturated heterocycles. The smallest absolute Gasteiger partial charge is 0.652 e. The molecule has 0 spiro atoms. The third-order valence-corrected chi connectivity index (χ3v) is 0. The van der Waals surface area contributed by atoms with E-state index in [2.05, 4.69) is 0 Å². The molecule has 0 aliphatic carbocycles. The largest absolute Gasteiger partial charge is 2.00 e. The summed E-state index contributed by atoms with van der Waals surface area (Å²) >= 11 is 0. The third kappa shape index (κ3) is 8550. The van der Waals surface area contributed by atoms with Crippen LogP contribution in [0.5, 0.6) is 0 Å². The Morgan fingerprint density at radius 2 is 0.263 bits per heavy atom. The fraction of sp³-hybridized carbons (Fsp3) is 0.333. The number of carbonyl (C=O) groups excluding carboxylic acids is 8. The summed E-state index contributed by atoms with van der Waals surface area (Å²) in [5.74, 6) is -4.33. The topological polar surface area (TPSA) is 413 Å². The zero-order valence-electron chi connectivity index (χ0n) is 20.4. The van der Waals surface area contributed by atoms with Crippen LogP contribution < -0.4 is 61.3 Å². The minimum Gasteiger partial charge on any atom is -0.652 e. The Bertz CT molecular complexity index is 383. The molecular formula is C12H12Ca6O20. The first kappa shape index (κ1) is 90.0. The van der Waals surface area contributed by atoms with Gasteiger partial charge in [-0.2, -0.15) is 0 Å². The molecule has 0 aromatic carbocycles. The maximum absolute atomic E-state index is 8.89. The van der Waals surface area contributed by atoms with E-state index in [1.807, 2.05) is 0 Å². The van der Waals surface area contributed by atoms with Crippen molar-refractivity contribution in [3.63, 3.8) is 0 Å². The Labute approximate surface area is 393 Å². The Hall–Kier alpha value is 2.52. The van der Waals surface area contributed by atoms with Gasteiger partial charge in [0.25, 0.3) is 0 Å². The average molecular weight is 717 g/mol. The summed E-state index contributed by atoms with van der Waals surface area (Å²) in [6.45, 7) is 3.89. The predicted molar refractivity (Wildman–Crippen MR) is 98.8 cm³/mol. The van der Waals surface area contributed by atoms with Gasteiger partial charge in [0.05, 0.1) is 0 Å². The number of carboxylic acids is 4. The molecule has 0 aromatic rings. The van der Waals surface area contributed by atoms with Crippen molar-refractivity contribution in [1.82, 2.24) is 0 Å². The molecule has 0 aliphatic heterocycles. The Kier molecular flexibility index (Phi) is 197. The van der Waals surface area contributed by atoms with Crippen molar-refractivity contribution >= 4 is 275 Å². The van der Waals surface area contributed by atoms with E-state index in [9.17, 15) is 0 Å². The van der Waals surface area contributed by atoms with Crippen molar-refractivity contribution < 1.29 is 99.6 Å². The standard InChI is InChI=1S/4C2H4O2.4CH2O3.6Ca/c4*1-2(3)4;4*2-1(3)4;;;;;;/h4*1H3,(H,3,4);4*(H2,2,3,4);;;;;;/q;;;;;;;;6*+2/p-12. The molecule has 0 rings (SSSR count). The first-order chi connectivity index (χ1) is 13.9. The molecule has 0 amide bonds. The monoisotopic (exact) mass is 716 g/mol. The summed E-state index contributed by atoms with van der Waals surface area (Å²) in [6.07, 6.45) is -9.33. The van der Waals surface area contributed by atoms with Gasteiger partial charge in [-0.25, -0.2) is 0 Å². The minimum absolute atomic E-state index is 0. The van der Waals surface area contributed by atoms with Crippen LogP contribution >= 0.6 is 0 Å². The second-order valence-electron chi connectivity index (χ2n) is 2.97. The van der Waals surface area contributed by atoms with Crippen LogP contribution in [-0.2, 0) is 19.2 Å². The fourth-order valence-electron chi connectivity index (χ4n) is 0. The first-order valence-electron chi connectivity index (χ1n) is 6.08. The molecule has 0 atom stereocenters. The van der Waals surface area contributed by atoms with Gasteiger partial charge in [0, 0.05) is 23.9 Å². The number of hydrogen-bond acceptors (Lipinski definition) is 20. The molecule has 0 unspecified atom stereocenters. The summed E-state index contributed by atoms with van der Waals surface area (Å²) in [4.78, 5) is 68.9. The molecule has 0 N–H and O–H groups in total. The van der Waals surface area contributed by atoms with Gasteiger partial charge >= 0.3 is 226 Å². The van der Waals surface area contributed by atoms with Gasteiger partial charge in [0.15, 0.2) is 0 Å². The molecule has 0 saturated carbocycles. The van der Waals surface area contributed by atoms with Crippen LogP contribution in [0, 0.1) is 0 Å². The van der Waals surface area contributed by atoms with Gasteiger partial charge in [-0.05, 0) is 52.3 Å². The zero-order chi connectivity index (χ0) is 28.6. The van der Waals surface area contributed by atoms with Crippen molar-refractivity contribution in [2.45, 2.75) is 27.7 Å². The predicted octanol–water partition coefficient (Wildman–Crippen LogP) is -17.0. The molecule has 0 bridgehead atoms. The number of rotatable bonds is 0. The summed E-state index contributed by atoms with van der Waals surface area (Å²) in [5.41, 5.74) is 0. The van der Waals surface area contributed by atoms with E-state index in [0.29, 0.717) is 0 Å². The van der Waals surface area contributed by atoms with Crippen molar-refractivity contribution in [2.75, 3.05) is 0 Å². The minimum atomic E-state index is -2.33. The van der Waals surface area contributed by atoms with E-state index in [1.54, 1.807) is 0 Å². The van der Waals surface area contributed by atoms with E-state index in [1.165, 1.54) is 0 Å². The van der Waals surface area contributed by atoms with Crippen LogP contribution in [0.15, 0.2) is 0 Å². The van der Waals surface area contributed by atoms with Crippen molar-refractivity contribution in [3.05, 3.63) is 0 Å². The van der Waals surface area contributed by atoms with Crippen LogP contribution in [0.1, 0.15) is 27.7 Å². The second-order valence-corrected chi connectivity index (χ2v) is 2.97. The van der Waals surface area contributed by atoms with Crippen LogP contribution in [0.2, 0.25) is 0 Å². The summed E-state index contributed by atoms with van der Waals surface area (Å²) in [5, 5.41) is 102. The van der Waals surface area contributed by atoms with Crippen molar-refractivity contribution in [2.24, 2.45) is 0 Å². The van der Waals surface area contributed by atoms with Gasteiger partial charge in [0.2, 0.25) is 0 Å². The molecule has 0 aromatic heterocycles. The number of carboxylic acid groups (broad SMARTS) is 12. The maximum atomic E-state index is 8.89. The Balaban J connectivity index is -0.0000000141. The summed E-state index contributed by atoms with van der Waals surface area (Å²) in [6, 6.07) is 0. The second kappa shape index (κ2) is 83.4. The van der Waals surface area contributed by atoms with Crippen LogP contribution in [0.25, 0.3) is 0 Å². The van der Waals surface area contributed by atoms with Gasteiger partial charge in [-0.1, -0.05) is 0 Å². The normalized spacial score (nSPS) is 5.16. The van der Waals surface area contributed by atoms with Gasteiger partial charge in [-0.15, -0.1) is 0 Å². The molecule has 0 aliphatic rings. The molecular weight excluding hydrogens is 705 g/mol. The molecule has 0 fully saturated rings. The average Bonchev–Trinajstić information content (AvgIpc) is 2.30. The molecule has 20 nitrogen and oxygen atoms in total. The SMILES string of the molecule is CC(=O)[O-].CC(=O)[O-].CC(=O)[O-].CC(=O)[O-].O=C([O-])[O-].O=C([O-])[O-].O=C([O-])[O-].O=C([O-])[O-].[Ca+2].[Ca+2].[Ca+2].[Ca+2].[Ca+2].[Ca+2]. The first-order valence-corrected chi connectivity index (χ1v) is 6.08. The van der Waals surface area contributed by atoms with Crippen LogP contribution in [-0.4, -0.2) is 275 Å². The van der Waals surface area contributed by atoms with E-state index in [4.69, 9.17) is 99.6 Å². The molecule has 0 heterocycles. The third-order valence-electron chi connectivity index (χ3n) is 0. The van der Waals surface area contributed by atoms with Gasteiger partial charge in [-0.3, -0.25) is 0 Å². The van der Waals surface area contributed by atoms with E-state index in [-0.39, 0.29) is 226 Å². The maximum Gasteiger partial charge on any atom is 2.00 e. The van der Waals surface area contributed by atoms with Crippen molar-refractivity contribution in [1.29, 1.82) is 0 Å². The zero-order valence-corrected chi connectivity index (χ0v) is 33.7. The summed E-state index contributed by atoms with van der Waals surface area (Å²) in [7, 11) is 0. The number of carbonyl (C=O) groups is 8. The number of aliphatic carboxylic acids is 4. The Morgan fingerprint density at radius 3 is 0.263 bits per heavy atom. The van der Waals surface area contributed by atoms with Crippen LogP contribution in [0.4, 0.5) is 19.2 Å².